The second-order valence-corrected chi connectivity index (χ2v) is 5.40. The fourth-order valence-electron chi connectivity index (χ4n) is 2.56. The van der Waals surface area contributed by atoms with Crippen LogP contribution in [0.4, 0.5) is 5.69 Å². The molecule has 0 atom stereocenters. The van der Waals surface area contributed by atoms with Crippen LogP contribution in [0.3, 0.4) is 0 Å². The lowest BCUT2D eigenvalue weighted by molar-refractivity contribution is 0.202. The fraction of sp³-hybridized carbons (Fsp3) is 0.625. The van der Waals surface area contributed by atoms with Crippen molar-refractivity contribution in [3.8, 4) is 0 Å². The zero-order valence-electron chi connectivity index (χ0n) is 13.1. The third-order valence-corrected chi connectivity index (χ3v) is 3.88. The van der Waals surface area contributed by atoms with Gasteiger partial charge >= 0.3 is 0 Å². The average molecular weight is 299 g/mol. The summed E-state index contributed by atoms with van der Waals surface area (Å²) in [6.45, 7) is 6.92. The Kier molecular flexibility index (Phi) is 7.97. The SMILES string of the molecule is CCC(CC)N(CCOC)c1cc(Cl)ccc1CNC. The molecule has 0 unspecified atom stereocenters. The van der Waals surface area contributed by atoms with Crippen LogP contribution in [-0.2, 0) is 11.3 Å². The standard InChI is InChI=1S/C16H27ClN2O/c1-5-15(6-2)19(9-10-20-4)16-11-14(17)8-7-13(16)12-18-3/h7-8,11,15,18H,5-6,9-10,12H2,1-4H3. The minimum absolute atomic E-state index is 0.513. The molecule has 0 aromatic heterocycles. The maximum atomic E-state index is 6.21. The monoisotopic (exact) mass is 298 g/mol. The third-order valence-electron chi connectivity index (χ3n) is 3.64. The molecule has 1 rings (SSSR count). The highest BCUT2D eigenvalue weighted by molar-refractivity contribution is 6.30. The van der Waals surface area contributed by atoms with E-state index in [1.54, 1.807) is 7.11 Å². The number of nitrogens with one attached hydrogen (secondary N) is 1. The van der Waals surface area contributed by atoms with Crippen molar-refractivity contribution in [2.24, 2.45) is 0 Å². The summed E-state index contributed by atoms with van der Waals surface area (Å²) in [5.74, 6) is 0. The van der Waals surface area contributed by atoms with Crippen LogP contribution < -0.4 is 10.2 Å². The predicted molar refractivity (Wildman–Crippen MR) is 87.8 cm³/mol. The summed E-state index contributed by atoms with van der Waals surface area (Å²) >= 11 is 6.21. The van der Waals surface area contributed by atoms with Crippen LogP contribution in [0.2, 0.25) is 5.02 Å². The molecule has 1 aromatic carbocycles. The highest BCUT2D eigenvalue weighted by atomic mass is 35.5. The molecule has 3 nitrogen and oxygen atoms in total. The van der Waals surface area contributed by atoms with Crippen LogP contribution in [0.15, 0.2) is 18.2 Å². The van der Waals surface area contributed by atoms with E-state index in [1.807, 2.05) is 13.1 Å². The van der Waals surface area contributed by atoms with Gasteiger partial charge in [-0.2, -0.15) is 0 Å². The number of hydrogen-bond acceptors (Lipinski definition) is 3. The Morgan fingerprint density at radius 3 is 2.55 bits per heavy atom. The van der Waals surface area contributed by atoms with E-state index < -0.39 is 0 Å². The number of benzene rings is 1. The zero-order chi connectivity index (χ0) is 15.0. The first-order valence-electron chi connectivity index (χ1n) is 7.36. The van der Waals surface area contributed by atoms with E-state index in [0.717, 1.165) is 37.6 Å². The largest absolute Gasteiger partial charge is 0.383 e. The van der Waals surface area contributed by atoms with E-state index in [9.17, 15) is 0 Å². The molecule has 0 aliphatic rings. The van der Waals surface area contributed by atoms with Crippen molar-refractivity contribution in [1.82, 2.24) is 5.32 Å². The van der Waals surface area contributed by atoms with Gasteiger partial charge in [-0.15, -0.1) is 0 Å². The van der Waals surface area contributed by atoms with Crippen LogP contribution >= 0.6 is 11.6 Å². The number of halogens is 1. The Hall–Kier alpha value is -0.770. The Labute approximate surface area is 128 Å². The van der Waals surface area contributed by atoms with Crippen LogP contribution in [0.25, 0.3) is 0 Å². The van der Waals surface area contributed by atoms with Crippen LogP contribution in [0.1, 0.15) is 32.3 Å². The summed E-state index contributed by atoms with van der Waals surface area (Å²) in [4.78, 5) is 2.43. The van der Waals surface area contributed by atoms with Gasteiger partial charge in [0.1, 0.15) is 0 Å². The van der Waals surface area contributed by atoms with Gasteiger partial charge in [0.2, 0.25) is 0 Å². The summed E-state index contributed by atoms with van der Waals surface area (Å²) < 4.78 is 5.27. The predicted octanol–water partition coefficient (Wildman–Crippen LogP) is 3.70. The van der Waals surface area contributed by atoms with Crippen molar-refractivity contribution in [3.05, 3.63) is 28.8 Å². The molecule has 0 fully saturated rings. The van der Waals surface area contributed by atoms with Gasteiger partial charge in [-0.3, -0.25) is 0 Å². The molecule has 0 heterocycles. The van der Waals surface area contributed by atoms with Crippen molar-refractivity contribution in [1.29, 1.82) is 0 Å². The highest BCUT2D eigenvalue weighted by Gasteiger charge is 2.18. The second-order valence-electron chi connectivity index (χ2n) is 4.96. The smallest absolute Gasteiger partial charge is 0.0637 e. The number of methoxy groups -OCH3 is 1. The van der Waals surface area contributed by atoms with Crippen LogP contribution in [-0.4, -0.2) is 33.4 Å². The zero-order valence-corrected chi connectivity index (χ0v) is 13.8. The van der Waals surface area contributed by atoms with Gasteiger partial charge in [0.05, 0.1) is 6.61 Å². The maximum absolute atomic E-state index is 6.21. The Morgan fingerprint density at radius 1 is 1.30 bits per heavy atom. The van der Waals surface area contributed by atoms with Gasteiger partial charge in [-0.25, -0.2) is 0 Å². The van der Waals surface area contributed by atoms with E-state index in [0.29, 0.717) is 6.04 Å². The van der Waals surface area contributed by atoms with Gasteiger partial charge in [0.25, 0.3) is 0 Å². The molecule has 1 N–H and O–H groups in total. The van der Waals surface area contributed by atoms with Crippen molar-refractivity contribution < 1.29 is 4.74 Å². The molecular weight excluding hydrogens is 272 g/mol. The van der Waals surface area contributed by atoms with Gasteiger partial charge in [0, 0.05) is 37.0 Å². The van der Waals surface area contributed by atoms with Crippen LogP contribution in [0.5, 0.6) is 0 Å². The molecule has 20 heavy (non-hydrogen) atoms. The van der Waals surface area contributed by atoms with Crippen molar-refractivity contribution in [2.75, 3.05) is 32.2 Å². The van der Waals surface area contributed by atoms with Gasteiger partial charge < -0.3 is 15.0 Å². The Balaban J connectivity index is 3.12. The first-order chi connectivity index (χ1) is 9.67. The maximum Gasteiger partial charge on any atom is 0.0637 e. The lowest BCUT2D eigenvalue weighted by atomic mass is 10.1. The van der Waals surface area contributed by atoms with Crippen molar-refractivity contribution in [3.63, 3.8) is 0 Å². The molecule has 0 saturated heterocycles. The molecule has 0 saturated carbocycles. The fourth-order valence-corrected chi connectivity index (χ4v) is 2.73. The summed E-state index contributed by atoms with van der Waals surface area (Å²) in [7, 11) is 3.71. The molecular formula is C16H27ClN2O. The molecule has 0 radical (unpaired) electrons. The first-order valence-corrected chi connectivity index (χ1v) is 7.74. The van der Waals surface area contributed by atoms with E-state index in [2.05, 4.69) is 36.2 Å². The molecule has 0 aliphatic carbocycles. The van der Waals surface area contributed by atoms with E-state index in [4.69, 9.17) is 16.3 Å². The molecule has 4 heteroatoms. The number of hydrogen-bond donors (Lipinski definition) is 1. The van der Waals surface area contributed by atoms with Crippen molar-refractivity contribution >= 4 is 17.3 Å². The summed E-state index contributed by atoms with van der Waals surface area (Å²) in [6, 6.07) is 6.65. The lowest BCUT2D eigenvalue weighted by Crippen LogP contribution is -2.38. The summed E-state index contributed by atoms with van der Waals surface area (Å²) in [6.07, 6.45) is 2.23. The summed E-state index contributed by atoms with van der Waals surface area (Å²) in [5.41, 5.74) is 2.50. The van der Waals surface area contributed by atoms with Gasteiger partial charge in [0.15, 0.2) is 0 Å². The third kappa shape index (κ3) is 4.65. The van der Waals surface area contributed by atoms with E-state index in [-0.39, 0.29) is 0 Å². The number of anilines is 1. The Bertz CT molecular complexity index is 394. The minimum atomic E-state index is 0.513. The molecule has 0 aliphatic heterocycles. The van der Waals surface area contributed by atoms with E-state index >= 15 is 0 Å². The molecule has 1 aromatic rings. The topological polar surface area (TPSA) is 24.5 Å². The first kappa shape index (κ1) is 17.3. The van der Waals surface area contributed by atoms with Crippen molar-refractivity contribution in [2.45, 2.75) is 39.3 Å². The molecule has 0 amide bonds. The number of nitrogens with zero attached hydrogens (tertiary/aromatic N) is 1. The number of rotatable bonds is 9. The molecule has 0 spiro atoms. The lowest BCUT2D eigenvalue weighted by Gasteiger charge is -2.34. The molecule has 114 valence electrons. The van der Waals surface area contributed by atoms with Gasteiger partial charge in [-0.1, -0.05) is 31.5 Å². The second kappa shape index (κ2) is 9.22. The Morgan fingerprint density at radius 2 is 2.00 bits per heavy atom. The molecule has 0 bridgehead atoms. The average Bonchev–Trinajstić information content (AvgIpc) is 2.46. The number of ether oxygens (including phenoxy) is 1. The highest BCUT2D eigenvalue weighted by Crippen LogP contribution is 2.28. The summed E-state index contributed by atoms with van der Waals surface area (Å²) in [5, 5.41) is 4.01. The minimum Gasteiger partial charge on any atom is -0.383 e. The van der Waals surface area contributed by atoms with Crippen LogP contribution in [0, 0.1) is 0 Å². The van der Waals surface area contributed by atoms with Gasteiger partial charge in [-0.05, 0) is 37.6 Å². The van der Waals surface area contributed by atoms with E-state index in [1.165, 1.54) is 11.3 Å². The quantitative estimate of drug-likeness (QED) is 0.752. The normalized spacial score (nSPS) is 11.1.